The van der Waals surface area contributed by atoms with Crippen molar-refractivity contribution in [3.8, 4) is 0 Å². The first-order valence-corrected chi connectivity index (χ1v) is 10.7. The molecule has 0 atom stereocenters. The summed E-state index contributed by atoms with van der Waals surface area (Å²) < 4.78 is 16.1. The number of guanidine groups is 1. The number of carbonyl (C=O) groups excluding carboxylic acids is 1. The molecule has 0 radical (unpaired) electrons. The molecule has 0 unspecified atom stereocenters. The van der Waals surface area contributed by atoms with Crippen molar-refractivity contribution in [1.82, 2.24) is 10.2 Å². The molecule has 1 saturated heterocycles. The summed E-state index contributed by atoms with van der Waals surface area (Å²) in [4.78, 5) is 18.9. The van der Waals surface area contributed by atoms with Crippen molar-refractivity contribution in [3.63, 3.8) is 0 Å². The molecule has 2 heterocycles. The Labute approximate surface area is 183 Å². The number of hydrogen-bond donors (Lipinski definition) is 2. The minimum Gasteiger partial charge on any atom is -0.459 e. The molecule has 1 aliphatic heterocycles. The van der Waals surface area contributed by atoms with Gasteiger partial charge in [0.25, 0.3) is 5.91 Å². The molecule has 2 N–H and O–H groups in total. The third-order valence-corrected chi connectivity index (χ3v) is 5.18. The summed E-state index contributed by atoms with van der Waals surface area (Å²) in [6, 6.07) is 11.1. The summed E-state index contributed by atoms with van der Waals surface area (Å²) in [5.41, 5.74) is 1.77. The molecule has 0 aliphatic carbocycles. The lowest BCUT2D eigenvalue weighted by atomic mass is 10.1. The van der Waals surface area contributed by atoms with Crippen LogP contribution in [0, 0.1) is 0 Å². The minimum atomic E-state index is -0.266. The van der Waals surface area contributed by atoms with Gasteiger partial charge in [0, 0.05) is 52.7 Å². The molecule has 8 heteroatoms. The van der Waals surface area contributed by atoms with E-state index in [4.69, 9.17) is 13.9 Å². The van der Waals surface area contributed by atoms with E-state index < -0.39 is 0 Å². The predicted octanol–water partition coefficient (Wildman–Crippen LogP) is 3.12. The Morgan fingerprint density at radius 1 is 1.23 bits per heavy atom. The highest BCUT2D eigenvalue weighted by molar-refractivity contribution is 6.02. The summed E-state index contributed by atoms with van der Waals surface area (Å²) in [5, 5.41) is 6.28. The third-order valence-electron chi connectivity index (χ3n) is 5.18. The first-order chi connectivity index (χ1) is 15.2. The van der Waals surface area contributed by atoms with E-state index in [0.717, 1.165) is 62.8 Å². The van der Waals surface area contributed by atoms with Crippen LogP contribution in [0.3, 0.4) is 0 Å². The summed E-state index contributed by atoms with van der Waals surface area (Å²) in [7, 11) is 3.51. The van der Waals surface area contributed by atoms with Crippen LogP contribution < -0.4 is 10.6 Å². The maximum absolute atomic E-state index is 12.2. The van der Waals surface area contributed by atoms with E-state index in [2.05, 4.69) is 20.5 Å². The van der Waals surface area contributed by atoms with Gasteiger partial charge in [-0.3, -0.25) is 9.79 Å². The molecule has 2 aromatic rings. The number of nitrogens with zero attached hydrogens (tertiary/aromatic N) is 2. The fraction of sp³-hybridized carbons (Fsp3) is 0.478. The number of anilines is 1. The van der Waals surface area contributed by atoms with Crippen molar-refractivity contribution in [2.75, 3.05) is 45.8 Å². The Morgan fingerprint density at radius 3 is 2.77 bits per heavy atom. The molecule has 1 aromatic carbocycles. The van der Waals surface area contributed by atoms with Crippen molar-refractivity contribution < 1.29 is 18.7 Å². The van der Waals surface area contributed by atoms with E-state index in [1.165, 1.54) is 6.26 Å². The zero-order valence-electron chi connectivity index (χ0n) is 18.3. The van der Waals surface area contributed by atoms with Crippen molar-refractivity contribution in [3.05, 3.63) is 54.0 Å². The van der Waals surface area contributed by atoms with Crippen LogP contribution in [0.5, 0.6) is 0 Å². The molecule has 1 aromatic heterocycles. The zero-order chi connectivity index (χ0) is 21.9. The Kier molecular flexibility index (Phi) is 8.93. The summed E-state index contributed by atoms with van der Waals surface area (Å²) in [6.07, 6.45) is 4.70. The highest BCUT2D eigenvalue weighted by Gasteiger charge is 2.21. The number of carbonyl (C=O) groups is 1. The monoisotopic (exact) mass is 428 g/mol. The van der Waals surface area contributed by atoms with Gasteiger partial charge in [0.05, 0.1) is 12.4 Å². The van der Waals surface area contributed by atoms with Crippen LogP contribution in [0.2, 0.25) is 0 Å². The van der Waals surface area contributed by atoms with Gasteiger partial charge in [-0.2, -0.15) is 0 Å². The maximum atomic E-state index is 12.2. The number of rotatable bonds is 9. The van der Waals surface area contributed by atoms with E-state index in [1.807, 2.05) is 24.3 Å². The van der Waals surface area contributed by atoms with E-state index >= 15 is 0 Å². The van der Waals surface area contributed by atoms with Gasteiger partial charge in [-0.25, -0.2) is 0 Å². The van der Waals surface area contributed by atoms with Crippen LogP contribution in [0.15, 0.2) is 52.1 Å². The number of furan rings is 1. The highest BCUT2D eigenvalue weighted by Crippen LogP contribution is 2.15. The van der Waals surface area contributed by atoms with Gasteiger partial charge < -0.3 is 29.4 Å². The van der Waals surface area contributed by atoms with Gasteiger partial charge in [-0.1, -0.05) is 12.1 Å². The second-order valence-corrected chi connectivity index (χ2v) is 7.44. The summed E-state index contributed by atoms with van der Waals surface area (Å²) in [6.45, 7) is 3.92. The van der Waals surface area contributed by atoms with Crippen molar-refractivity contribution in [2.45, 2.75) is 31.9 Å². The summed E-state index contributed by atoms with van der Waals surface area (Å²) >= 11 is 0. The standard InChI is InChI=1S/C23H32N4O4/c1-24-23(27-11-9-20(10-12-27)30-15-5-13-29-2)25-17-18-6-3-7-19(16-18)26-22(28)21-8-4-14-31-21/h3-4,6-8,14,16,20H,5,9-13,15,17H2,1-2H3,(H,24,25)(H,26,28). The van der Waals surface area contributed by atoms with Crippen molar-refractivity contribution >= 4 is 17.6 Å². The molecule has 8 nitrogen and oxygen atoms in total. The van der Waals surface area contributed by atoms with Crippen LogP contribution in [-0.2, 0) is 16.0 Å². The van der Waals surface area contributed by atoms with Crippen LogP contribution in [0.1, 0.15) is 35.4 Å². The molecule has 0 spiro atoms. The van der Waals surface area contributed by atoms with E-state index in [-0.39, 0.29) is 11.7 Å². The fourth-order valence-electron chi connectivity index (χ4n) is 3.56. The van der Waals surface area contributed by atoms with E-state index in [1.54, 1.807) is 26.3 Å². The number of benzene rings is 1. The molecule has 0 bridgehead atoms. The fourth-order valence-corrected chi connectivity index (χ4v) is 3.56. The van der Waals surface area contributed by atoms with Crippen LogP contribution in [0.25, 0.3) is 0 Å². The number of methoxy groups -OCH3 is 1. The molecular formula is C23H32N4O4. The third kappa shape index (κ3) is 7.11. The number of likely N-dealkylation sites (tertiary alicyclic amines) is 1. The molecular weight excluding hydrogens is 396 g/mol. The molecule has 3 rings (SSSR count). The number of piperidine rings is 1. The number of ether oxygens (including phenoxy) is 2. The van der Waals surface area contributed by atoms with E-state index in [0.29, 0.717) is 12.6 Å². The first-order valence-electron chi connectivity index (χ1n) is 10.7. The Morgan fingerprint density at radius 2 is 2.06 bits per heavy atom. The number of hydrogen-bond acceptors (Lipinski definition) is 5. The van der Waals surface area contributed by atoms with Crippen LogP contribution >= 0.6 is 0 Å². The lowest BCUT2D eigenvalue weighted by molar-refractivity contribution is 0.00989. The van der Waals surface area contributed by atoms with Gasteiger partial charge in [-0.05, 0) is 49.1 Å². The Bertz CT molecular complexity index is 830. The molecule has 1 aliphatic rings. The summed E-state index contributed by atoms with van der Waals surface area (Å²) in [5.74, 6) is 0.899. The number of aliphatic imine (C=N–C) groups is 1. The van der Waals surface area contributed by atoms with Crippen LogP contribution in [0.4, 0.5) is 5.69 Å². The average molecular weight is 429 g/mol. The maximum Gasteiger partial charge on any atom is 0.291 e. The number of amides is 1. The lowest BCUT2D eigenvalue weighted by Crippen LogP contribution is -2.46. The molecule has 1 fully saturated rings. The molecule has 0 saturated carbocycles. The van der Waals surface area contributed by atoms with Crippen molar-refractivity contribution in [1.29, 1.82) is 0 Å². The smallest absolute Gasteiger partial charge is 0.291 e. The first kappa shape index (κ1) is 22.8. The van der Waals surface area contributed by atoms with Crippen molar-refractivity contribution in [2.24, 2.45) is 4.99 Å². The normalized spacial score (nSPS) is 15.2. The van der Waals surface area contributed by atoms with Gasteiger partial charge in [0.1, 0.15) is 0 Å². The minimum absolute atomic E-state index is 0.266. The Balaban J connectivity index is 1.45. The second kappa shape index (κ2) is 12.1. The molecule has 168 valence electrons. The predicted molar refractivity (Wildman–Crippen MR) is 120 cm³/mol. The SMILES string of the molecule is CN=C(NCc1cccc(NC(=O)c2ccco2)c1)N1CCC(OCCCOC)CC1. The average Bonchev–Trinajstić information content (AvgIpc) is 3.34. The quantitative estimate of drug-likeness (QED) is 0.362. The number of nitrogens with one attached hydrogen (secondary N) is 2. The van der Waals surface area contributed by atoms with Gasteiger partial charge in [0.2, 0.25) is 0 Å². The van der Waals surface area contributed by atoms with Crippen LogP contribution in [-0.4, -0.2) is 63.3 Å². The largest absolute Gasteiger partial charge is 0.459 e. The topological polar surface area (TPSA) is 88.3 Å². The molecule has 1 amide bonds. The van der Waals surface area contributed by atoms with Gasteiger partial charge in [0.15, 0.2) is 11.7 Å². The van der Waals surface area contributed by atoms with E-state index in [9.17, 15) is 4.79 Å². The second-order valence-electron chi connectivity index (χ2n) is 7.44. The highest BCUT2D eigenvalue weighted by atomic mass is 16.5. The van der Waals surface area contributed by atoms with Gasteiger partial charge in [-0.15, -0.1) is 0 Å². The Hall–Kier alpha value is -2.84. The lowest BCUT2D eigenvalue weighted by Gasteiger charge is -2.34. The zero-order valence-corrected chi connectivity index (χ0v) is 18.3. The molecule has 31 heavy (non-hydrogen) atoms. The van der Waals surface area contributed by atoms with Gasteiger partial charge >= 0.3 is 0 Å².